The number of methoxy groups -OCH3 is 2. The van der Waals surface area contributed by atoms with Crippen LogP contribution in [0.15, 0.2) is 22.7 Å². The quantitative estimate of drug-likeness (QED) is 0.492. The van der Waals surface area contributed by atoms with Crippen molar-refractivity contribution in [3.05, 3.63) is 40.8 Å². The number of carbonyl (C=O) groups is 2. The van der Waals surface area contributed by atoms with Crippen molar-refractivity contribution in [3.8, 4) is 11.5 Å². The molecule has 0 unspecified atom stereocenters. The van der Waals surface area contributed by atoms with Crippen molar-refractivity contribution in [1.82, 2.24) is 20.3 Å². The van der Waals surface area contributed by atoms with Gasteiger partial charge in [0.05, 0.1) is 24.9 Å². The first-order valence-corrected chi connectivity index (χ1v) is 11.4. The molecule has 2 aromatic rings. The lowest BCUT2D eigenvalue weighted by Crippen LogP contribution is -2.51. The second-order valence-electron chi connectivity index (χ2n) is 8.22. The number of aryl methyl sites for hydroxylation is 2. The number of piperazine rings is 1. The molecule has 1 N–H and O–H groups in total. The highest BCUT2D eigenvalue weighted by molar-refractivity contribution is 5.95. The Labute approximate surface area is 200 Å². The summed E-state index contributed by atoms with van der Waals surface area (Å²) in [6, 6.07) is 5.19. The molecule has 2 amide bonds. The molecular formula is C24H34N4O6. The predicted molar refractivity (Wildman–Crippen MR) is 125 cm³/mol. The van der Waals surface area contributed by atoms with Gasteiger partial charge in [-0.1, -0.05) is 5.16 Å². The van der Waals surface area contributed by atoms with Crippen molar-refractivity contribution in [2.75, 3.05) is 60.1 Å². The zero-order valence-corrected chi connectivity index (χ0v) is 20.4. The Morgan fingerprint density at radius 2 is 1.88 bits per heavy atom. The molecule has 1 aliphatic rings. The van der Waals surface area contributed by atoms with Crippen LogP contribution in [0.1, 0.15) is 33.8 Å². The van der Waals surface area contributed by atoms with Crippen LogP contribution in [0.4, 0.5) is 0 Å². The molecule has 0 aliphatic carbocycles. The zero-order chi connectivity index (χ0) is 24.5. The minimum atomic E-state index is -0.0701. The van der Waals surface area contributed by atoms with E-state index in [1.807, 2.05) is 13.8 Å². The number of rotatable bonds is 11. The van der Waals surface area contributed by atoms with Crippen molar-refractivity contribution in [2.45, 2.75) is 26.9 Å². The molecule has 34 heavy (non-hydrogen) atoms. The van der Waals surface area contributed by atoms with E-state index >= 15 is 0 Å². The topological polar surface area (TPSA) is 106 Å². The van der Waals surface area contributed by atoms with Crippen LogP contribution in [-0.4, -0.2) is 86.9 Å². The zero-order valence-electron chi connectivity index (χ0n) is 20.4. The summed E-state index contributed by atoms with van der Waals surface area (Å²) < 4.78 is 21.5. The lowest BCUT2D eigenvalue weighted by Gasteiger charge is -2.34. The van der Waals surface area contributed by atoms with E-state index in [-0.39, 0.29) is 11.8 Å². The Kier molecular flexibility index (Phi) is 9.29. The summed E-state index contributed by atoms with van der Waals surface area (Å²) in [4.78, 5) is 29.0. The third-order valence-electron chi connectivity index (χ3n) is 5.84. The van der Waals surface area contributed by atoms with Gasteiger partial charge in [0, 0.05) is 52.0 Å². The lowest BCUT2D eigenvalue weighted by atomic mass is 10.1. The molecule has 0 radical (unpaired) electrons. The van der Waals surface area contributed by atoms with Crippen molar-refractivity contribution >= 4 is 11.8 Å². The summed E-state index contributed by atoms with van der Waals surface area (Å²) in [7, 11) is 3.19. The van der Waals surface area contributed by atoms with E-state index in [0.717, 1.165) is 17.7 Å². The van der Waals surface area contributed by atoms with E-state index in [2.05, 4.69) is 15.4 Å². The van der Waals surface area contributed by atoms with Crippen molar-refractivity contribution in [3.63, 3.8) is 0 Å². The molecule has 0 spiro atoms. The molecule has 10 nitrogen and oxygen atoms in total. The first kappa shape index (κ1) is 25.5. The minimum absolute atomic E-state index is 0.00667. The maximum atomic E-state index is 13.0. The van der Waals surface area contributed by atoms with Crippen LogP contribution in [0.25, 0.3) is 0 Å². The number of nitrogens with zero attached hydrogens (tertiary/aromatic N) is 3. The van der Waals surface area contributed by atoms with E-state index in [4.69, 9.17) is 18.7 Å². The summed E-state index contributed by atoms with van der Waals surface area (Å²) in [5.74, 6) is 1.67. The molecule has 1 fully saturated rings. The maximum Gasteiger partial charge on any atom is 0.254 e. The number of hydrogen-bond acceptors (Lipinski definition) is 8. The third-order valence-corrected chi connectivity index (χ3v) is 5.84. The highest BCUT2D eigenvalue weighted by Crippen LogP contribution is 2.30. The number of amides is 2. The minimum Gasteiger partial charge on any atom is -0.493 e. The highest BCUT2D eigenvalue weighted by Gasteiger charge is 2.24. The molecule has 3 rings (SSSR count). The molecule has 2 heterocycles. The molecule has 0 saturated carbocycles. The highest BCUT2D eigenvalue weighted by atomic mass is 16.5. The number of carbonyl (C=O) groups excluding carboxylic acids is 2. The SMILES string of the molecule is COCCCNC(=O)CN1CCN(C(=O)c2ccc(OCc3c(C)noc3C)c(OC)c2)CC1. The summed E-state index contributed by atoms with van der Waals surface area (Å²) >= 11 is 0. The molecule has 10 heteroatoms. The van der Waals surface area contributed by atoms with Crippen LogP contribution < -0.4 is 14.8 Å². The van der Waals surface area contributed by atoms with Gasteiger partial charge in [0.1, 0.15) is 12.4 Å². The second-order valence-corrected chi connectivity index (χ2v) is 8.22. The molecule has 1 aromatic carbocycles. The standard InChI is InChI=1S/C24H34N4O6/c1-17-20(18(2)34-26-17)16-33-21-7-6-19(14-22(21)32-4)24(30)28-11-9-27(10-12-28)15-23(29)25-8-5-13-31-3/h6-7,14H,5,8-13,15-16H2,1-4H3,(H,25,29). The largest absolute Gasteiger partial charge is 0.493 e. The number of hydrogen-bond donors (Lipinski definition) is 1. The summed E-state index contributed by atoms with van der Waals surface area (Å²) in [6.45, 7) is 7.97. The average molecular weight is 475 g/mol. The van der Waals surface area contributed by atoms with Gasteiger partial charge in [-0.15, -0.1) is 0 Å². The summed E-state index contributed by atoms with van der Waals surface area (Å²) in [5.41, 5.74) is 2.21. The predicted octanol–water partition coefficient (Wildman–Crippen LogP) is 1.79. The van der Waals surface area contributed by atoms with E-state index in [0.29, 0.717) is 75.3 Å². The molecule has 1 saturated heterocycles. The van der Waals surface area contributed by atoms with Gasteiger partial charge in [-0.05, 0) is 38.5 Å². The second kappa shape index (κ2) is 12.4. The number of nitrogens with one attached hydrogen (secondary N) is 1. The van der Waals surface area contributed by atoms with Crippen molar-refractivity contribution in [2.24, 2.45) is 0 Å². The van der Waals surface area contributed by atoms with Gasteiger partial charge in [0.15, 0.2) is 11.5 Å². The van der Waals surface area contributed by atoms with Gasteiger partial charge in [-0.25, -0.2) is 0 Å². The van der Waals surface area contributed by atoms with Gasteiger partial charge < -0.3 is 29.0 Å². The molecular weight excluding hydrogens is 440 g/mol. The van der Waals surface area contributed by atoms with E-state index in [9.17, 15) is 9.59 Å². The molecule has 1 aromatic heterocycles. The fraction of sp³-hybridized carbons (Fsp3) is 0.542. The Balaban J connectivity index is 1.51. The van der Waals surface area contributed by atoms with Crippen LogP contribution >= 0.6 is 0 Å². The Bertz CT molecular complexity index is 949. The monoisotopic (exact) mass is 474 g/mol. The van der Waals surface area contributed by atoms with Crippen LogP contribution in [0.2, 0.25) is 0 Å². The Hall–Kier alpha value is -3.11. The van der Waals surface area contributed by atoms with E-state index in [1.165, 1.54) is 0 Å². The van der Waals surface area contributed by atoms with Crippen LogP contribution in [0, 0.1) is 13.8 Å². The fourth-order valence-electron chi connectivity index (χ4n) is 3.77. The first-order chi connectivity index (χ1) is 16.4. The molecule has 186 valence electrons. The third kappa shape index (κ3) is 6.71. The van der Waals surface area contributed by atoms with Gasteiger partial charge in [0.25, 0.3) is 5.91 Å². The molecule has 1 aliphatic heterocycles. The lowest BCUT2D eigenvalue weighted by molar-refractivity contribution is -0.122. The maximum absolute atomic E-state index is 13.0. The van der Waals surface area contributed by atoms with Gasteiger partial charge in [-0.2, -0.15) is 0 Å². The number of benzene rings is 1. The van der Waals surface area contributed by atoms with E-state index in [1.54, 1.807) is 37.3 Å². The smallest absolute Gasteiger partial charge is 0.254 e. The van der Waals surface area contributed by atoms with E-state index < -0.39 is 0 Å². The Morgan fingerprint density at radius 1 is 1.12 bits per heavy atom. The first-order valence-electron chi connectivity index (χ1n) is 11.4. The normalized spacial score (nSPS) is 14.2. The average Bonchev–Trinajstić information content (AvgIpc) is 3.17. The number of aromatic nitrogens is 1. The van der Waals surface area contributed by atoms with Crippen LogP contribution in [0.3, 0.4) is 0 Å². The number of ether oxygens (including phenoxy) is 3. The van der Waals surface area contributed by atoms with Crippen molar-refractivity contribution in [1.29, 1.82) is 0 Å². The van der Waals surface area contributed by atoms with Crippen molar-refractivity contribution < 1.29 is 28.3 Å². The fourth-order valence-corrected chi connectivity index (χ4v) is 3.77. The van der Waals surface area contributed by atoms with Gasteiger partial charge >= 0.3 is 0 Å². The summed E-state index contributed by atoms with van der Waals surface area (Å²) in [6.07, 6.45) is 0.789. The molecule has 0 bridgehead atoms. The van der Waals surface area contributed by atoms with Gasteiger partial charge in [-0.3, -0.25) is 14.5 Å². The van der Waals surface area contributed by atoms with Crippen LogP contribution in [0.5, 0.6) is 11.5 Å². The Morgan fingerprint density at radius 3 is 2.53 bits per heavy atom. The van der Waals surface area contributed by atoms with Crippen LogP contribution in [-0.2, 0) is 16.1 Å². The summed E-state index contributed by atoms with van der Waals surface area (Å²) in [5, 5.41) is 6.83. The molecule has 0 atom stereocenters. The van der Waals surface area contributed by atoms with Gasteiger partial charge in [0.2, 0.25) is 5.91 Å².